The number of unbranched alkanes of at least 4 members (excludes halogenated alkanes) is 3. The fraction of sp³-hybridized carbons (Fsp3) is 0.552. The van der Waals surface area contributed by atoms with Gasteiger partial charge in [0.15, 0.2) is 0 Å². The van der Waals surface area contributed by atoms with E-state index >= 15 is 0 Å². The molecule has 1 aliphatic heterocycles. The molecule has 0 amide bonds. The van der Waals surface area contributed by atoms with E-state index in [0.717, 1.165) is 31.2 Å². The summed E-state index contributed by atoms with van der Waals surface area (Å²) in [6.07, 6.45) is 10.7. The molecule has 0 saturated carbocycles. The Balaban J connectivity index is 1.90. The van der Waals surface area contributed by atoms with Crippen LogP contribution in [0.15, 0.2) is 29.2 Å². The minimum Gasteiger partial charge on any atom is -0.406 e. The molecule has 1 aromatic heterocycles. The topological polar surface area (TPSA) is 52.1 Å². The standard InChI is InChI=1S/C29H38N2O2S/c1-5-9-10-11-13-22-21-26-25(29(7-3,8-4)18-19-34-26)20-23(22)14-15-24-16-17-27(31-30-24)33-28(32)12-6-2/h16-17,20-21H,5-13,18-19H2,1-4H3. The lowest BCUT2D eigenvalue weighted by molar-refractivity contribution is -0.134. The molecule has 0 bridgehead atoms. The third-order valence-corrected chi connectivity index (χ3v) is 7.96. The number of benzene rings is 1. The number of aromatic nitrogens is 2. The Kier molecular flexibility index (Phi) is 10.0. The molecular weight excluding hydrogens is 440 g/mol. The second kappa shape index (κ2) is 13.0. The van der Waals surface area contributed by atoms with E-state index in [-0.39, 0.29) is 17.3 Å². The van der Waals surface area contributed by atoms with Gasteiger partial charge in [-0.2, -0.15) is 0 Å². The van der Waals surface area contributed by atoms with Crippen molar-refractivity contribution in [2.75, 3.05) is 5.75 Å². The van der Waals surface area contributed by atoms with Crippen LogP contribution in [0.1, 0.15) is 108 Å². The number of fused-ring (bicyclic) bond motifs is 1. The number of nitrogens with zero attached hydrogens (tertiary/aromatic N) is 2. The lowest BCUT2D eigenvalue weighted by Gasteiger charge is -2.38. The summed E-state index contributed by atoms with van der Waals surface area (Å²) in [7, 11) is 0. The molecule has 3 rings (SSSR count). The summed E-state index contributed by atoms with van der Waals surface area (Å²) in [5.41, 5.74) is 4.76. The van der Waals surface area contributed by atoms with Gasteiger partial charge < -0.3 is 4.74 Å². The summed E-state index contributed by atoms with van der Waals surface area (Å²) in [5, 5.41) is 8.19. The summed E-state index contributed by atoms with van der Waals surface area (Å²) in [6.45, 7) is 8.82. The first-order chi connectivity index (χ1) is 16.5. The van der Waals surface area contributed by atoms with Crippen molar-refractivity contribution in [1.29, 1.82) is 0 Å². The van der Waals surface area contributed by atoms with Crippen molar-refractivity contribution in [3.63, 3.8) is 0 Å². The molecule has 2 heterocycles. The number of thioether (sulfide) groups is 1. The Labute approximate surface area is 209 Å². The second-order valence-electron chi connectivity index (χ2n) is 9.13. The third kappa shape index (κ3) is 6.63. The van der Waals surface area contributed by atoms with Gasteiger partial charge in [-0.1, -0.05) is 52.9 Å². The molecule has 1 aromatic carbocycles. The van der Waals surface area contributed by atoms with Crippen LogP contribution in [-0.4, -0.2) is 21.9 Å². The number of rotatable bonds is 10. The van der Waals surface area contributed by atoms with E-state index in [1.165, 1.54) is 53.9 Å². The van der Waals surface area contributed by atoms with Gasteiger partial charge in [0.2, 0.25) is 5.88 Å². The molecule has 1 aliphatic rings. The van der Waals surface area contributed by atoms with Gasteiger partial charge in [-0.05, 0) is 84.9 Å². The molecule has 2 aromatic rings. The summed E-state index contributed by atoms with van der Waals surface area (Å²) < 4.78 is 5.20. The van der Waals surface area contributed by atoms with Crippen LogP contribution in [0.3, 0.4) is 0 Å². The maximum atomic E-state index is 11.7. The molecule has 0 saturated heterocycles. The van der Waals surface area contributed by atoms with Crippen LogP contribution in [0.5, 0.6) is 5.88 Å². The van der Waals surface area contributed by atoms with Crippen molar-refractivity contribution < 1.29 is 9.53 Å². The first-order valence-electron chi connectivity index (χ1n) is 12.9. The van der Waals surface area contributed by atoms with E-state index in [2.05, 4.69) is 54.9 Å². The Bertz CT molecular complexity index is 1020. The molecule has 182 valence electrons. The van der Waals surface area contributed by atoms with Crippen LogP contribution >= 0.6 is 11.8 Å². The van der Waals surface area contributed by atoms with Crippen molar-refractivity contribution in [2.45, 2.75) is 102 Å². The average molecular weight is 479 g/mol. The van der Waals surface area contributed by atoms with Crippen molar-refractivity contribution in [2.24, 2.45) is 0 Å². The van der Waals surface area contributed by atoms with Crippen LogP contribution in [0.4, 0.5) is 0 Å². The molecule has 0 radical (unpaired) electrons. The smallest absolute Gasteiger partial charge is 0.312 e. The third-order valence-electron chi connectivity index (χ3n) is 6.91. The number of aryl methyl sites for hydroxylation is 1. The van der Waals surface area contributed by atoms with Crippen LogP contribution in [-0.2, 0) is 16.6 Å². The highest BCUT2D eigenvalue weighted by molar-refractivity contribution is 7.99. The fourth-order valence-corrected chi connectivity index (χ4v) is 6.01. The minimum atomic E-state index is -0.286. The predicted molar refractivity (Wildman–Crippen MR) is 140 cm³/mol. The maximum absolute atomic E-state index is 11.7. The summed E-state index contributed by atoms with van der Waals surface area (Å²) in [5.74, 6) is 7.76. The van der Waals surface area contributed by atoms with E-state index in [1.54, 1.807) is 12.1 Å². The van der Waals surface area contributed by atoms with E-state index in [0.29, 0.717) is 12.1 Å². The highest BCUT2D eigenvalue weighted by Crippen LogP contribution is 2.47. The normalized spacial score (nSPS) is 14.1. The molecule has 0 unspecified atom stereocenters. The molecule has 0 fully saturated rings. The second-order valence-corrected chi connectivity index (χ2v) is 10.3. The van der Waals surface area contributed by atoms with Crippen molar-refractivity contribution in [1.82, 2.24) is 10.2 Å². The average Bonchev–Trinajstić information content (AvgIpc) is 2.86. The Morgan fingerprint density at radius 2 is 1.85 bits per heavy atom. The van der Waals surface area contributed by atoms with E-state index in [9.17, 15) is 4.79 Å². The molecule has 0 N–H and O–H groups in total. The number of ether oxygens (including phenoxy) is 1. The van der Waals surface area contributed by atoms with Crippen molar-refractivity contribution in [3.05, 3.63) is 46.6 Å². The minimum absolute atomic E-state index is 0.224. The van der Waals surface area contributed by atoms with Gasteiger partial charge in [-0.25, -0.2) is 0 Å². The molecule has 0 atom stereocenters. The quantitative estimate of drug-likeness (QED) is 0.204. The highest BCUT2D eigenvalue weighted by Gasteiger charge is 2.34. The SMILES string of the molecule is CCCCCCc1cc2c(cc1C#Cc1ccc(OC(=O)CCC)nn1)C(CC)(CC)CCS2. The lowest BCUT2D eigenvalue weighted by atomic mass is 9.72. The van der Waals surface area contributed by atoms with Gasteiger partial charge in [-0.15, -0.1) is 22.0 Å². The van der Waals surface area contributed by atoms with E-state index < -0.39 is 0 Å². The van der Waals surface area contributed by atoms with E-state index in [1.807, 2.05) is 18.7 Å². The molecular formula is C29H38N2O2S. The lowest BCUT2D eigenvalue weighted by Crippen LogP contribution is -2.29. The van der Waals surface area contributed by atoms with Gasteiger partial charge in [-0.3, -0.25) is 4.79 Å². The zero-order valence-electron chi connectivity index (χ0n) is 21.2. The summed E-state index contributed by atoms with van der Waals surface area (Å²) in [6, 6.07) is 8.22. The Morgan fingerprint density at radius 3 is 2.53 bits per heavy atom. The molecule has 34 heavy (non-hydrogen) atoms. The van der Waals surface area contributed by atoms with Gasteiger partial charge in [0.05, 0.1) is 0 Å². The molecule has 0 aliphatic carbocycles. The number of carbonyl (C=O) groups is 1. The fourth-order valence-electron chi connectivity index (χ4n) is 4.64. The molecule has 4 nitrogen and oxygen atoms in total. The van der Waals surface area contributed by atoms with Crippen LogP contribution in [0.2, 0.25) is 0 Å². The van der Waals surface area contributed by atoms with Gasteiger partial charge in [0, 0.05) is 22.9 Å². The molecule has 5 heteroatoms. The first-order valence-corrected chi connectivity index (χ1v) is 13.9. The van der Waals surface area contributed by atoms with Gasteiger partial charge >= 0.3 is 5.97 Å². The van der Waals surface area contributed by atoms with Crippen molar-refractivity contribution in [3.8, 4) is 17.7 Å². The number of hydrogen-bond acceptors (Lipinski definition) is 5. The number of esters is 1. The highest BCUT2D eigenvalue weighted by atomic mass is 32.2. The maximum Gasteiger partial charge on any atom is 0.312 e. The van der Waals surface area contributed by atoms with Gasteiger partial charge in [0.1, 0.15) is 5.69 Å². The molecule has 0 spiro atoms. The summed E-state index contributed by atoms with van der Waals surface area (Å²) >= 11 is 2.00. The van der Waals surface area contributed by atoms with Gasteiger partial charge in [0.25, 0.3) is 0 Å². The first kappa shape index (κ1) is 26.3. The Hall–Kier alpha value is -2.32. The number of hydrogen-bond donors (Lipinski definition) is 0. The van der Waals surface area contributed by atoms with Crippen LogP contribution < -0.4 is 4.74 Å². The monoisotopic (exact) mass is 478 g/mol. The van der Waals surface area contributed by atoms with Crippen LogP contribution in [0, 0.1) is 11.8 Å². The predicted octanol–water partition coefficient (Wildman–Crippen LogP) is 7.26. The van der Waals surface area contributed by atoms with E-state index in [4.69, 9.17) is 4.74 Å². The summed E-state index contributed by atoms with van der Waals surface area (Å²) in [4.78, 5) is 13.1. The zero-order valence-corrected chi connectivity index (χ0v) is 22.0. The Morgan fingerprint density at radius 1 is 1.03 bits per heavy atom. The zero-order chi connectivity index (χ0) is 24.4. The number of carbonyl (C=O) groups excluding carboxylic acids is 1. The van der Waals surface area contributed by atoms with Crippen molar-refractivity contribution >= 4 is 17.7 Å². The largest absolute Gasteiger partial charge is 0.406 e. The van der Waals surface area contributed by atoms with Crippen LogP contribution in [0.25, 0.3) is 0 Å².